The predicted octanol–water partition coefficient (Wildman–Crippen LogP) is 9.57. The molecule has 0 saturated carbocycles. The summed E-state index contributed by atoms with van der Waals surface area (Å²) in [5.74, 6) is 1.12. The van der Waals surface area contributed by atoms with Gasteiger partial charge < -0.3 is 24.8 Å². The van der Waals surface area contributed by atoms with Crippen LogP contribution in [0.15, 0.2) is 158 Å². The quantitative estimate of drug-likeness (QED) is 0.100. The molecule has 0 saturated heterocycles. The third-order valence-corrected chi connectivity index (χ3v) is 12.1. The van der Waals surface area contributed by atoms with Crippen molar-refractivity contribution in [1.82, 2.24) is 0 Å². The van der Waals surface area contributed by atoms with E-state index in [0.717, 1.165) is 25.7 Å². The van der Waals surface area contributed by atoms with Gasteiger partial charge in [0, 0.05) is 0 Å². The van der Waals surface area contributed by atoms with Crippen LogP contribution in [-0.4, -0.2) is 0 Å². The standard InChI is InChI=1S/C56H48.2ClH.Zr/c1-35(2)27-47-31-45-21-9-17-37(53(45)55(47)49-23-11-19-43-29-39-13-5-7-15-41(39)33-51(43)49)25-26-38-18-10-22-46-32-48(28-36(3)4)56(54(38)46)50-24-12-20-44-30-40-14-6-8-16-42(40)34-52(44)50;;;/h5-24,29-36H,25-28H2,1-4H3;2*1H;/q-2;;;+4/p-2. The van der Waals surface area contributed by atoms with Crippen molar-refractivity contribution in [2.75, 3.05) is 0 Å². The number of halogens is 2. The first-order valence-corrected chi connectivity index (χ1v) is 20.6. The van der Waals surface area contributed by atoms with Crippen LogP contribution in [0, 0.1) is 11.8 Å². The Labute approximate surface area is 380 Å². The summed E-state index contributed by atoms with van der Waals surface area (Å²) in [6, 6.07) is 60.0. The van der Waals surface area contributed by atoms with Crippen LogP contribution in [0.4, 0.5) is 0 Å². The predicted molar refractivity (Wildman–Crippen MR) is 244 cm³/mol. The molecule has 0 nitrogen and oxygen atoms in total. The minimum atomic E-state index is 0. The van der Waals surface area contributed by atoms with E-state index in [4.69, 9.17) is 0 Å². The van der Waals surface area contributed by atoms with Gasteiger partial charge in [-0.3, -0.25) is 0 Å². The molecule has 0 atom stereocenters. The van der Waals surface area contributed by atoms with E-state index < -0.39 is 0 Å². The minimum absolute atomic E-state index is 0. The van der Waals surface area contributed by atoms with Crippen molar-refractivity contribution in [2.45, 2.75) is 53.4 Å². The van der Waals surface area contributed by atoms with Crippen LogP contribution in [0.5, 0.6) is 0 Å². The van der Waals surface area contributed by atoms with Gasteiger partial charge in [-0.2, -0.15) is 0 Å². The summed E-state index contributed by atoms with van der Waals surface area (Å²) < 4.78 is 0. The van der Waals surface area contributed by atoms with Crippen molar-refractivity contribution in [3.8, 4) is 22.3 Å². The second-order valence-electron chi connectivity index (χ2n) is 17.0. The molecule has 0 aliphatic heterocycles. The van der Waals surface area contributed by atoms with Gasteiger partial charge >= 0.3 is 26.2 Å². The smallest absolute Gasteiger partial charge is 1.00 e. The summed E-state index contributed by atoms with van der Waals surface area (Å²) in [5.41, 5.74) is 11.4. The van der Waals surface area contributed by atoms with Crippen molar-refractivity contribution in [1.29, 1.82) is 0 Å². The maximum absolute atomic E-state index is 2.49. The fourth-order valence-corrected chi connectivity index (χ4v) is 9.80. The second-order valence-corrected chi connectivity index (χ2v) is 17.0. The number of rotatable bonds is 9. The second kappa shape index (κ2) is 17.6. The minimum Gasteiger partial charge on any atom is -1.00 e. The van der Waals surface area contributed by atoms with Crippen molar-refractivity contribution in [2.24, 2.45) is 11.8 Å². The first-order valence-electron chi connectivity index (χ1n) is 20.6. The van der Waals surface area contributed by atoms with Crippen LogP contribution in [0.1, 0.15) is 49.9 Å². The van der Waals surface area contributed by atoms with Crippen LogP contribution >= 0.6 is 0 Å². The Bertz CT molecular complexity index is 2890. The Kier molecular flexibility index (Phi) is 12.7. The fourth-order valence-electron chi connectivity index (χ4n) is 9.80. The van der Waals surface area contributed by atoms with E-state index in [1.54, 1.807) is 0 Å². The molecule has 0 heterocycles. The molecule has 0 fully saturated rings. The first-order chi connectivity index (χ1) is 27.4. The molecule has 3 heteroatoms. The summed E-state index contributed by atoms with van der Waals surface area (Å²) >= 11 is 0. The van der Waals surface area contributed by atoms with Gasteiger partial charge in [0.1, 0.15) is 0 Å². The number of benzene rings is 8. The Morgan fingerprint density at radius 3 is 1.15 bits per heavy atom. The van der Waals surface area contributed by atoms with E-state index in [0.29, 0.717) is 11.8 Å². The monoisotopic (exact) mass is 880 g/mol. The average molecular weight is 883 g/mol. The topological polar surface area (TPSA) is 0 Å². The Morgan fingerprint density at radius 2 is 0.763 bits per heavy atom. The summed E-state index contributed by atoms with van der Waals surface area (Å²) in [6.45, 7) is 9.40. The summed E-state index contributed by atoms with van der Waals surface area (Å²) in [6.07, 6.45) is 4.07. The molecule has 0 spiro atoms. The first kappa shape index (κ1) is 42.6. The largest absolute Gasteiger partial charge is 4.00 e. The molecule has 0 N–H and O–H groups in total. The molecular formula is C56H48Cl2Zr. The molecular weight excluding hydrogens is 835 g/mol. The summed E-state index contributed by atoms with van der Waals surface area (Å²) in [5, 5.41) is 16.0. The summed E-state index contributed by atoms with van der Waals surface area (Å²) in [7, 11) is 0. The van der Waals surface area contributed by atoms with E-state index in [1.807, 2.05) is 0 Å². The molecule has 10 rings (SSSR count). The van der Waals surface area contributed by atoms with Crippen molar-refractivity contribution < 1.29 is 51.0 Å². The van der Waals surface area contributed by atoms with Crippen molar-refractivity contribution in [3.63, 3.8) is 0 Å². The fraction of sp³-hybridized carbons (Fsp3) is 0.179. The van der Waals surface area contributed by atoms with Crippen LogP contribution in [0.2, 0.25) is 0 Å². The van der Waals surface area contributed by atoms with Crippen molar-refractivity contribution in [3.05, 3.63) is 180 Å². The molecule has 0 amide bonds. The van der Waals surface area contributed by atoms with Gasteiger partial charge in [-0.1, -0.05) is 147 Å². The number of hydrogen-bond donors (Lipinski definition) is 0. The van der Waals surface area contributed by atoms with Gasteiger partial charge in [0.15, 0.2) is 0 Å². The zero-order valence-electron chi connectivity index (χ0n) is 34.3. The molecule has 0 unspecified atom stereocenters. The molecule has 10 aromatic carbocycles. The SMILES string of the molecule is CC(C)Cc1[cH-]c2cccc(CCc3cccc4[cH-]c(CC(C)C)c(-c5cccc6cc7ccccc7cc56)c34)c2c1-c1cccc2cc3ccccc3cc12.[Cl-].[Cl-].[Zr+4]. The third kappa shape index (κ3) is 7.84. The zero-order valence-corrected chi connectivity index (χ0v) is 38.2. The molecule has 10 aromatic rings. The van der Waals surface area contributed by atoms with E-state index in [-0.39, 0.29) is 51.0 Å². The van der Waals surface area contributed by atoms with Gasteiger partial charge in [0.2, 0.25) is 0 Å². The van der Waals surface area contributed by atoms with Gasteiger partial charge in [-0.15, -0.1) is 80.2 Å². The number of hydrogen-bond acceptors (Lipinski definition) is 0. The Balaban J connectivity index is 0.00000176. The van der Waals surface area contributed by atoms with E-state index in [2.05, 4.69) is 185 Å². The van der Waals surface area contributed by atoms with Gasteiger partial charge in [-0.25, -0.2) is 0 Å². The third-order valence-electron chi connectivity index (χ3n) is 12.1. The number of fused-ring (bicyclic) bond motifs is 6. The van der Waals surface area contributed by atoms with Crippen LogP contribution in [0.25, 0.3) is 86.9 Å². The van der Waals surface area contributed by atoms with Crippen molar-refractivity contribution >= 4 is 64.6 Å². The maximum Gasteiger partial charge on any atom is 4.00 e. The Morgan fingerprint density at radius 1 is 0.407 bits per heavy atom. The normalized spacial score (nSPS) is 11.6. The average Bonchev–Trinajstić information content (AvgIpc) is 3.75. The number of aryl methyl sites for hydroxylation is 2. The molecule has 290 valence electrons. The van der Waals surface area contributed by atoms with E-state index >= 15 is 0 Å². The van der Waals surface area contributed by atoms with Crippen LogP contribution in [0.3, 0.4) is 0 Å². The van der Waals surface area contributed by atoms with E-state index in [1.165, 1.54) is 109 Å². The van der Waals surface area contributed by atoms with Gasteiger partial charge in [0.05, 0.1) is 0 Å². The molecule has 0 aromatic heterocycles. The van der Waals surface area contributed by atoms with Crippen LogP contribution < -0.4 is 24.8 Å². The molecule has 0 bridgehead atoms. The molecule has 59 heavy (non-hydrogen) atoms. The summed E-state index contributed by atoms with van der Waals surface area (Å²) in [4.78, 5) is 0. The maximum atomic E-state index is 2.49. The molecule has 0 aliphatic carbocycles. The molecule has 0 radical (unpaired) electrons. The zero-order chi connectivity index (χ0) is 37.9. The Hall–Kier alpha value is -4.52. The van der Waals surface area contributed by atoms with Crippen LogP contribution in [-0.2, 0) is 51.9 Å². The van der Waals surface area contributed by atoms with Gasteiger partial charge in [-0.05, 0) is 105 Å². The van der Waals surface area contributed by atoms with Gasteiger partial charge in [0.25, 0.3) is 0 Å². The van der Waals surface area contributed by atoms with E-state index in [9.17, 15) is 0 Å². The molecule has 0 aliphatic rings.